The number of nitrogens with one attached hydrogen (secondary N) is 1. The van der Waals surface area contributed by atoms with Crippen molar-refractivity contribution in [3.8, 4) is 0 Å². The highest BCUT2D eigenvalue weighted by atomic mass is 32.2. The maximum absolute atomic E-state index is 12.3. The minimum absolute atomic E-state index is 0.102. The Hall–Kier alpha value is -1.70. The highest BCUT2D eigenvalue weighted by Crippen LogP contribution is 2.21. The number of hydrogen-bond donors (Lipinski definition) is 1. The van der Waals surface area contributed by atoms with Crippen molar-refractivity contribution in [2.45, 2.75) is 45.7 Å². The monoisotopic (exact) mass is 340 g/mol. The van der Waals surface area contributed by atoms with E-state index in [-0.39, 0.29) is 34.7 Å². The minimum atomic E-state index is -2.99. The highest BCUT2D eigenvalue weighted by molar-refractivity contribution is 7.91. The Bertz CT molecular complexity index is 710. The van der Waals surface area contributed by atoms with E-state index in [4.69, 9.17) is 0 Å². The Morgan fingerprint density at radius 3 is 2.52 bits per heavy atom. The first-order valence-corrected chi connectivity index (χ1v) is 9.40. The number of rotatable bonds is 3. The normalized spacial score (nSPS) is 20.3. The molecule has 23 heavy (non-hydrogen) atoms. The Morgan fingerprint density at radius 2 is 2.00 bits per heavy atom. The van der Waals surface area contributed by atoms with Crippen molar-refractivity contribution >= 4 is 21.7 Å². The molecule has 1 saturated heterocycles. The second-order valence-electron chi connectivity index (χ2n) is 7.07. The van der Waals surface area contributed by atoms with Gasteiger partial charge < -0.3 is 10.2 Å². The first-order valence-electron chi connectivity index (χ1n) is 7.58. The van der Waals surface area contributed by atoms with Crippen LogP contribution < -0.4 is 10.2 Å². The topological polar surface area (TPSA) is 92.3 Å². The van der Waals surface area contributed by atoms with Gasteiger partial charge in [0.05, 0.1) is 11.5 Å². The number of hydrogen-bond acceptors (Lipinski definition) is 6. The van der Waals surface area contributed by atoms with Gasteiger partial charge in [0, 0.05) is 24.3 Å². The summed E-state index contributed by atoms with van der Waals surface area (Å²) < 4.78 is 23.3. The van der Waals surface area contributed by atoms with Crippen LogP contribution in [0, 0.1) is 6.92 Å². The van der Waals surface area contributed by atoms with Gasteiger partial charge in [-0.2, -0.15) is 0 Å². The molecule has 1 amide bonds. The maximum atomic E-state index is 12.3. The largest absolute Gasteiger partial charge is 0.346 e. The molecule has 1 aromatic rings. The zero-order valence-electron chi connectivity index (χ0n) is 14.3. The van der Waals surface area contributed by atoms with Gasteiger partial charge in [0.25, 0.3) is 5.91 Å². The summed E-state index contributed by atoms with van der Waals surface area (Å²) in [6.45, 7) is 7.48. The van der Waals surface area contributed by atoms with Gasteiger partial charge in [0.15, 0.2) is 9.84 Å². The van der Waals surface area contributed by atoms with E-state index in [1.165, 1.54) is 0 Å². The molecule has 7 nitrogen and oxygen atoms in total. The lowest BCUT2D eigenvalue weighted by atomic mass is 10.1. The lowest BCUT2D eigenvalue weighted by Gasteiger charge is -2.24. The van der Waals surface area contributed by atoms with Crippen LogP contribution in [0.5, 0.6) is 0 Å². The van der Waals surface area contributed by atoms with Crippen molar-refractivity contribution in [3.63, 3.8) is 0 Å². The van der Waals surface area contributed by atoms with Gasteiger partial charge in [-0.1, -0.05) is 0 Å². The number of carbonyl (C=O) groups excluding carboxylic acids is 1. The number of aryl methyl sites for hydroxylation is 1. The summed E-state index contributed by atoms with van der Waals surface area (Å²) in [4.78, 5) is 22.7. The molecule has 0 spiro atoms. The fourth-order valence-electron chi connectivity index (χ4n) is 2.48. The van der Waals surface area contributed by atoms with Crippen molar-refractivity contribution in [3.05, 3.63) is 17.5 Å². The van der Waals surface area contributed by atoms with Gasteiger partial charge in [-0.05, 0) is 40.2 Å². The number of amides is 1. The van der Waals surface area contributed by atoms with Crippen LogP contribution in [0.2, 0.25) is 0 Å². The standard InChI is InChI=1S/C15H24N4O3S/c1-10-8-12(13(20)18-15(2,3)4)17-14(16-10)19(5)11-6-7-23(21,22)9-11/h8,11H,6-7,9H2,1-5H3,(H,18,20). The number of aromatic nitrogens is 2. The Balaban J connectivity index is 2.25. The molecule has 1 aliphatic rings. The van der Waals surface area contributed by atoms with Crippen LogP contribution in [0.3, 0.4) is 0 Å². The van der Waals surface area contributed by atoms with Gasteiger partial charge in [-0.15, -0.1) is 0 Å². The molecular weight excluding hydrogens is 316 g/mol. The SMILES string of the molecule is Cc1cc(C(=O)NC(C)(C)C)nc(N(C)C2CCS(=O)(=O)C2)n1. The van der Waals surface area contributed by atoms with E-state index in [1.807, 2.05) is 20.8 Å². The second-order valence-corrected chi connectivity index (χ2v) is 9.30. The average molecular weight is 340 g/mol. The van der Waals surface area contributed by atoms with E-state index in [0.29, 0.717) is 18.1 Å². The summed E-state index contributed by atoms with van der Waals surface area (Å²) in [5, 5.41) is 2.87. The van der Waals surface area contributed by atoms with E-state index in [2.05, 4.69) is 15.3 Å². The highest BCUT2D eigenvalue weighted by Gasteiger charge is 2.32. The fourth-order valence-corrected chi connectivity index (χ4v) is 4.25. The Morgan fingerprint density at radius 1 is 1.35 bits per heavy atom. The van der Waals surface area contributed by atoms with Crippen LogP contribution in [-0.4, -0.2) is 54.4 Å². The quantitative estimate of drug-likeness (QED) is 0.880. The predicted molar refractivity (Wildman–Crippen MR) is 89.5 cm³/mol. The number of sulfone groups is 1. The Kier molecular flexibility index (Phi) is 4.66. The summed E-state index contributed by atoms with van der Waals surface area (Å²) in [6, 6.07) is 1.48. The number of nitrogens with zero attached hydrogens (tertiary/aromatic N) is 3. The number of anilines is 1. The first kappa shape index (κ1) is 17.7. The van der Waals surface area contributed by atoms with E-state index in [9.17, 15) is 13.2 Å². The number of carbonyl (C=O) groups is 1. The lowest BCUT2D eigenvalue weighted by molar-refractivity contribution is 0.0914. The van der Waals surface area contributed by atoms with Crippen molar-refractivity contribution < 1.29 is 13.2 Å². The van der Waals surface area contributed by atoms with Crippen LogP contribution in [0.1, 0.15) is 43.4 Å². The second kappa shape index (κ2) is 6.07. The molecule has 0 radical (unpaired) electrons. The van der Waals surface area contributed by atoms with Gasteiger partial charge >= 0.3 is 0 Å². The molecule has 1 aromatic heterocycles. The van der Waals surface area contributed by atoms with E-state index in [0.717, 1.165) is 0 Å². The zero-order chi connectivity index (χ0) is 17.4. The lowest BCUT2D eigenvalue weighted by Crippen LogP contribution is -2.41. The molecule has 8 heteroatoms. The molecule has 1 aliphatic heterocycles. The molecule has 2 rings (SSSR count). The van der Waals surface area contributed by atoms with Gasteiger partial charge in [0.2, 0.25) is 5.95 Å². The summed E-state index contributed by atoms with van der Waals surface area (Å²) in [5.41, 5.74) is 0.596. The third-order valence-electron chi connectivity index (χ3n) is 3.64. The van der Waals surface area contributed by atoms with Crippen LogP contribution in [-0.2, 0) is 9.84 Å². The van der Waals surface area contributed by atoms with Crippen LogP contribution in [0.4, 0.5) is 5.95 Å². The molecule has 0 aliphatic carbocycles. The third-order valence-corrected chi connectivity index (χ3v) is 5.39. The van der Waals surface area contributed by atoms with Crippen molar-refractivity contribution in [2.75, 3.05) is 23.5 Å². The predicted octanol–water partition coefficient (Wildman–Crippen LogP) is 0.937. The molecule has 0 bridgehead atoms. The molecule has 128 valence electrons. The molecule has 1 atom stereocenters. The Labute approximate surface area is 137 Å². The molecule has 0 aromatic carbocycles. The molecular formula is C15H24N4O3S. The zero-order valence-corrected chi connectivity index (χ0v) is 15.1. The van der Waals surface area contributed by atoms with Gasteiger partial charge in [-0.3, -0.25) is 4.79 Å². The van der Waals surface area contributed by atoms with E-state index >= 15 is 0 Å². The molecule has 1 unspecified atom stereocenters. The minimum Gasteiger partial charge on any atom is -0.346 e. The molecule has 1 fully saturated rings. The smallest absolute Gasteiger partial charge is 0.270 e. The summed E-state index contributed by atoms with van der Waals surface area (Å²) in [5.74, 6) is 0.401. The van der Waals surface area contributed by atoms with E-state index in [1.54, 1.807) is 24.9 Å². The van der Waals surface area contributed by atoms with E-state index < -0.39 is 9.84 Å². The maximum Gasteiger partial charge on any atom is 0.270 e. The summed E-state index contributed by atoms with van der Waals surface area (Å²) in [7, 11) is -1.22. The van der Waals surface area contributed by atoms with Crippen molar-refractivity contribution in [2.24, 2.45) is 0 Å². The van der Waals surface area contributed by atoms with Crippen molar-refractivity contribution in [1.82, 2.24) is 15.3 Å². The first-order chi connectivity index (χ1) is 10.5. The van der Waals surface area contributed by atoms with Gasteiger partial charge in [0.1, 0.15) is 5.69 Å². The molecule has 1 N–H and O–H groups in total. The fraction of sp³-hybridized carbons (Fsp3) is 0.667. The third kappa shape index (κ3) is 4.63. The van der Waals surface area contributed by atoms with Crippen LogP contribution >= 0.6 is 0 Å². The average Bonchev–Trinajstić information content (AvgIpc) is 2.75. The van der Waals surface area contributed by atoms with Crippen molar-refractivity contribution in [1.29, 1.82) is 0 Å². The summed E-state index contributed by atoms with van der Waals surface area (Å²) >= 11 is 0. The summed E-state index contributed by atoms with van der Waals surface area (Å²) in [6.07, 6.45) is 0.555. The molecule has 0 saturated carbocycles. The van der Waals surface area contributed by atoms with Crippen LogP contribution in [0.25, 0.3) is 0 Å². The van der Waals surface area contributed by atoms with Gasteiger partial charge in [-0.25, -0.2) is 18.4 Å². The van der Waals surface area contributed by atoms with Crippen LogP contribution in [0.15, 0.2) is 6.07 Å². The molecule has 2 heterocycles.